The van der Waals surface area contributed by atoms with Gasteiger partial charge in [0.05, 0.1) is 0 Å². The molecule has 0 aromatic rings. The van der Waals surface area contributed by atoms with Gasteiger partial charge in [-0.3, -0.25) is 0 Å². The molecule has 0 spiro atoms. The summed E-state index contributed by atoms with van der Waals surface area (Å²) in [5.74, 6) is 0. The highest BCUT2D eigenvalue weighted by Crippen LogP contribution is 2.44. The topological polar surface area (TPSA) is 17.1 Å². The molecule has 12 heavy (non-hydrogen) atoms. The van der Waals surface area contributed by atoms with Crippen LogP contribution in [0.2, 0.25) is 0 Å². The highest BCUT2D eigenvalue weighted by Gasteiger charge is 2.36. The quantitative estimate of drug-likeness (QED) is 0.579. The van der Waals surface area contributed by atoms with Crippen LogP contribution < -0.4 is 0 Å². The summed E-state index contributed by atoms with van der Waals surface area (Å²) in [6, 6.07) is 0. The first-order chi connectivity index (χ1) is 5.47. The fourth-order valence-corrected chi connectivity index (χ4v) is 2.47. The zero-order valence-electron chi connectivity index (χ0n) is 8.52. The van der Waals surface area contributed by atoms with E-state index in [2.05, 4.69) is 20.8 Å². The van der Waals surface area contributed by atoms with Crippen LogP contribution in [-0.2, 0) is 4.79 Å². The second-order valence-corrected chi connectivity index (χ2v) is 5.42. The van der Waals surface area contributed by atoms with Crippen LogP contribution in [0, 0.1) is 10.8 Å². The number of carbonyl (C=O) groups is 1. The maximum atomic E-state index is 11.0. The van der Waals surface area contributed by atoms with Crippen molar-refractivity contribution in [1.29, 1.82) is 0 Å². The van der Waals surface area contributed by atoms with Crippen LogP contribution in [0.5, 0.6) is 0 Å². The molecular formula is C11H20O. The average molecular weight is 168 g/mol. The van der Waals surface area contributed by atoms with Crippen LogP contribution in [0.15, 0.2) is 0 Å². The van der Waals surface area contributed by atoms with Crippen LogP contribution in [0.3, 0.4) is 0 Å². The lowest BCUT2D eigenvalue weighted by Gasteiger charge is -2.30. The molecule has 1 heteroatoms. The molecule has 0 heterocycles. The number of aldehydes is 1. The number of hydrogen-bond acceptors (Lipinski definition) is 1. The molecule has 0 aromatic heterocycles. The van der Waals surface area contributed by atoms with E-state index >= 15 is 0 Å². The van der Waals surface area contributed by atoms with Crippen molar-refractivity contribution in [3.63, 3.8) is 0 Å². The van der Waals surface area contributed by atoms with Gasteiger partial charge >= 0.3 is 0 Å². The maximum absolute atomic E-state index is 11.0. The average Bonchev–Trinajstić information content (AvgIpc) is 2.34. The highest BCUT2D eigenvalue weighted by molar-refractivity contribution is 5.60. The van der Waals surface area contributed by atoms with Crippen LogP contribution in [0.1, 0.15) is 52.9 Å². The van der Waals surface area contributed by atoms with Crippen LogP contribution in [-0.4, -0.2) is 6.29 Å². The van der Waals surface area contributed by atoms with Crippen LogP contribution in [0.25, 0.3) is 0 Å². The molecule has 0 N–H and O–H groups in total. The molecule has 1 nitrogen and oxygen atoms in total. The molecule has 1 saturated carbocycles. The second kappa shape index (κ2) is 3.20. The summed E-state index contributed by atoms with van der Waals surface area (Å²) < 4.78 is 0. The minimum Gasteiger partial charge on any atom is -0.303 e. The molecule has 70 valence electrons. The summed E-state index contributed by atoms with van der Waals surface area (Å²) in [4.78, 5) is 11.0. The maximum Gasteiger partial charge on any atom is 0.126 e. The van der Waals surface area contributed by atoms with E-state index in [-0.39, 0.29) is 5.41 Å². The van der Waals surface area contributed by atoms with Crippen molar-refractivity contribution in [1.82, 2.24) is 0 Å². The third kappa shape index (κ3) is 2.33. The first-order valence-corrected chi connectivity index (χ1v) is 4.94. The summed E-state index contributed by atoms with van der Waals surface area (Å²) in [7, 11) is 0. The Morgan fingerprint density at radius 1 is 1.25 bits per heavy atom. The van der Waals surface area contributed by atoms with Gasteiger partial charge in [0.15, 0.2) is 0 Å². The Balaban J connectivity index is 2.62. The highest BCUT2D eigenvalue weighted by atomic mass is 16.1. The Morgan fingerprint density at radius 2 is 1.75 bits per heavy atom. The standard InChI is InChI=1S/C11H20O/c1-10(2,3)8-11(9-12)6-4-5-7-11/h9H,4-8H2,1-3H3. The first-order valence-electron chi connectivity index (χ1n) is 4.94. The third-order valence-electron chi connectivity index (χ3n) is 2.73. The van der Waals surface area contributed by atoms with E-state index in [1.807, 2.05) is 0 Å². The molecule has 0 bridgehead atoms. The normalized spacial score (nSPS) is 22.6. The van der Waals surface area contributed by atoms with Crippen molar-refractivity contribution in [3.8, 4) is 0 Å². The van der Waals surface area contributed by atoms with Crippen LogP contribution >= 0.6 is 0 Å². The molecule has 0 unspecified atom stereocenters. The minimum atomic E-state index is 0.0399. The second-order valence-electron chi connectivity index (χ2n) is 5.42. The predicted octanol–water partition coefficient (Wildman–Crippen LogP) is 3.18. The van der Waals surface area contributed by atoms with E-state index in [1.54, 1.807) is 0 Å². The Kier molecular flexibility index (Phi) is 2.60. The SMILES string of the molecule is CC(C)(C)CC1(C=O)CCCC1. The van der Waals surface area contributed by atoms with Gasteiger partial charge in [-0.25, -0.2) is 0 Å². The Morgan fingerprint density at radius 3 is 2.08 bits per heavy atom. The van der Waals surface area contributed by atoms with Crippen LogP contribution in [0.4, 0.5) is 0 Å². The monoisotopic (exact) mass is 168 g/mol. The molecule has 0 atom stereocenters. The lowest BCUT2D eigenvalue weighted by molar-refractivity contribution is -0.117. The predicted molar refractivity (Wildman–Crippen MR) is 51.0 cm³/mol. The molecule has 0 aromatic carbocycles. The van der Waals surface area contributed by atoms with Gasteiger partial charge in [0.25, 0.3) is 0 Å². The van der Waals surface area contributed by atoms with E-state index < -0.39 is 0 Å². The molecular weight excluding hydrogens is 148 g/mol. The number of hydrogen-bond donors (Lipinski definition) is 0. The summed E-state index contributed by atoms with van der Waals surface area (Å²) in [6.07, 6.45) is 7.00. The van der Waals surface area contributed by atoms with Crippen molar-refractivity contribution in [3.05, 3.63) is 0 Å². The summed E-state index contributed by atoms with van der Waals surface area (Å²) >= 11 is 0. The molecule has 0 radical (unpaired) electrons. The van der Waals surface area contributed by atoms with E-state index in [0.717, 1.165) is 19.3 Å². The molecule has 1 rings (SSSR count). The van der Waals surface area contributed by atoms with Gasteiger partial charge in [0.2, 0.25) is 0 Å². The lowest BCUT2D eigenvalue weighted by atomic mass is 9.74. The fourth-order valence-electron chi connectivity index (χ4n) is 2.47. The number of rotatable bonds is 2. The largest absolute Gasteiger partial charge is 0.303 e. The van der Waals surface area contributed by atoms with Crippen molar-refractivity contribution >= 4 is 6.29 Å². The van der Waals surface area contributed by atoms with Gasteiger partial charge in [-0.15, -0.1) is 0 Å². The molecule has 0 saturated heterocycles. The van der Waals surface area contributed by atoms with E-state index in [9.17, 15) is 4.79 Å². The lowest BCUT2D eigenvalue weighted by Crippen LogP contribution is -2.25. The zero-order valence-corrected chi connectivity index (χ0v) is 8.52. The molecule has 1 aliphatic carbocycles. The Hall–Kier alpha value is -0.330. The zero-order chi connectivity index (χ0) is 9.24. The summed E-state index contributed by atoms with van der Waals surface area (Å²) in [6.45, 7) is 6.66. The van der Waals surface area contributed by atoms with Gasteiger partial charge < -0.3 is 4.79 Å². The van der Waals surface area contributed by atoms with Crippen molar-refractivity contribution in [2.24, 2.45) is 10.8 Å². The van der Waals surface area contributed by atoms with Crippen molar-refractivity contribution in [2.45, 2.75) is 52.9 Å². The smallest absolute Gasteiger partial charge is 0.126 e. The molecule has 0 amide bonds. The first kappa shape index (κ1) is 9.76. The van der Waals surface area contributed by atoms with E-state index in [1.165, 1.54) is 19.1 Å². The fraction of sp³-hybridized carbons (Fsp3) is 0.909. The Labute approximate surface area is 75.5 Å². The van der Waals surface area contributed by atoms with Gasteiger partial charge in [0, 0.05) is 5.41 Å². The van der Waals surface area contributed by atoms with Gasteiger partial charge in [-0.05, 0) is 24.7 Å². The van der Waals surface area contributed by atoms with Crippen molar-refractivity contribution < 1.29 is 4.79 Å². The minimum absolute atomic E-state index is 0.0399. The Bertz CT molecular complexity index is 158. The molecule has 0 aliphatic heterocycles. The van der Waals surface area contributed by atoms with Gasteiger partial charge in [0.1, 0.15) is 6.29 Å². The van der Waals surface area contributed by atoms with Gasteiger partial charge in [-0.1, -0.05) is 33.6 Å². The summed E-state index contributed by atoms with van der Waals surface area (Å²) in [5, 5.41) is 0. The van der Waals surface area contributed by atoms with Gasteiger partial charge in [-0.2, -0.15) is 0 Å². The molecule has 1 fully saturated rings. The van der Waals surface area contributed by atoms with Crippen molar-refractivity contribution in [2.75, 3.05) is 0 Å². The van der Waals surface area contributed by atoms with E-state index in [0.29, 0.717) is 5.41 Å². The van der Waals surface area contributed by atoms with E-state index in [4.69, 9.17) is 0 Å². The number of carbonyl (C=O) groups excluding carboxylic acids is 1. The molecule has 1 aliphatic rings. The summed E-state index contributed by atoms with van der Waals surface area (Å²) in [5.41, 5.74) is 0.337. The third-order valence-corrected chi connectivity index (χ3v) is 2.73.